The molecule has 86 valence electrons. The fourth-order valence-corrected chi connectivity index (χ4v) is 2.64. The number of hydrogen-bond acceptors (Lipinski definition) is 3. The van der Waals surface area contributed by atoms with Gasteiger partial charge >= 0.3 is 0 Å². The van der Waals surface area contributed by atoms with Crippen LogP contribution in [0.2, 0.25) is 0 Å². The van der Waals surface area contributed by atoms with Crippen molar-refractivity contribution in [1.82, 2.24) is 0 Å². The Morgan fingerprint density at radius 1 is 1.33 bits per heavy atom. The van der Waals surface area contributed by atoms with E-state index in [0.29, 0.717) is 19.3 Å². The fourth-order valence-electron chi connectivity index (χ4n) is 2.64. The Labute approximate surface area is 90.8 Å². The van der Waals surface area contributed by atoms with Gasteiger partial charge in [0.2, 0.25) is 0 Å². The highest BCUT2D eigenvalue weighted by molar-refractivity contribution is 5.87. The zero-order chi connectivity index (χ0) is 10.7. The Balaban J connectivity index is 1.76. The van der Waals surface area contributed by atoms with Crippen molar-refractivity contribution in [3.05, 3.63) is 0 Å². The van der Waals surface area contributed by atoms with Crippen LogP contribution in [0.25, 0.3) is 0 Å². The molecule has 1 aliphatic heterocycles. The summed E-state index contributed by atoms with van der Waals surface area (Å²) in [7, 11) is 0. The van der Waals surface area contributed by atoms with Crippen molar-refractivity contribution < 1.29 is 14.6 Å². The maximum Gasteiger partial charge on any atom is 0.164 e. The fraction of sp³-hybridized carbons (Fsp3) is 0.917. The molecule has 0 spiro atoms. The van der Waals surface area contributed by atoms with E-state index in [2.05, 4.69) is 0 Å². The highest BCUT2D eigenvalue weighted by atomic mass is 16.5. The summed E-state index contributed by atoms with van der Waals surface area (Å²) in [6.07, 6.45) is 7.04. The molecule has 0 aromatic carbocycles. The quantitative estimate of drug-likeness (QED) is 0.773. The van der Waals surface area contributed by atoms with Crippen molar-refractivity contribution in [3.8, 4) is 0 Å². The molecule has 3 heteroatoms. The second kappa shape index (κ2) is 4.62. The minimum atomic E-state index is -0.987. The molecule has 1 N–H and O–H groups in total. The normalized spacial score (nSPS) is 29.5. The van der Waals surface area contributed by atoms with Gasteiger partial charge < -0.3 is 9.84 Å². The first-order chi connectivity index (χ1) is 7.21. The Morgan fingerprint density at radius 3 is 2.67 bits per heavy atom. The minimum absolute atomic E-state index is 0.0375. The Bertz CT molecular complexity index is 225. The van der Waals surface area contributed by atoms with E-state index in [1.807, 2.05) is 0 Å². The van der Waals surface area contributed by atoms with Crippen molar-refractivity contribution in [1.29, 1.82) is 0 Å². The number of aliphatic hydroxyl groups is 1. The van der Waals surface area contributed by atoms with Crippen LogP contribution in [-0.4, -0.2) is 29.2 Å². The van der Waals surface area contributed by atoms with Crippen LogP contribution in [0.3, 0.4) is 0 Å². The number of carbonyl (C=O) groups is 1. The van der Waals surface area contributed by atoms with Gasteiger partial charge in [0.25, 0.3) is 0 Å². The second-order valence-corrected chi connectivity index (χ2v) is 4.84. The van der Waals surface area contributed by atoms with Gasteiger partial charge in [0.05, 0.1) is 6.10 Å². The zero-order valence-corrected chi connectivity index (χ0v) is 9.21. The van der Waals surface area contributed by atoms with E-state index in [9.17, 15) is 9.90 Å². The lowest BCUT2D eigenvalue weighted by Gasteiger charge is -2.20. The number of carbonyl (C=O) groups excluding carboxylic acids is 1. The summed E-state index contributed by atoms with van der Waals surface area (Å²) < 4.78 is 5.47. The molecule has 0 aromatic rings. The summed E-state index contributed by atoms with van der Waals surface area (Å²) in [6.45, 7) is 0.836. The second-order valence-electron chi connectivity index (χ2n) is 4.84. The summed E-state index contributed by atoms with van der Waals surface area (Å²) in [6, 6.07) is 0. The molecule has 0 bridgehead atoms. The molecule has 1 saturated heterocycles. The maximum absolute atomic E-state index is 11.8. The number of hydrogen-bond donors (Lipinski definition) is 1. The number of Topliss-reactive ketones (excluding diaryl/α,β-unsaturated/α-hetero) is 1. The molecule has 1 unspecified atom stereocenters. The van der Waals surface area contributed by atoms with E-state index >= 15 is 0 Å². The van der Waals surface area contributed by atoms with Crippen LogP contribution in [0.15, 0.2) is 0 Å². The molecule has 1 aliphatic carbocycles. The van der Waals surface area contributed by atoms with Crippen molar-refractivity contribution in [2.75, 3.05) is 6.61 Å². The van der Waals surface area contributed by atoms with Gasteiger partial charge in [0.15, 0.2) is 5.78 Å². The molecule has 2 rings (SSSR count). The van der Waals surface area contributed by atoms with Gasteiger partial charge in [-0.2, -0.15) is 0 Å². The molecular formula is C12H20O3. The van der Waals surface area contributed by atoms with Gasteiger partial charge in [-0.3, -0.25) is 4.79 Å². The predicted octanol–water partition coefficient (Wildman–Crippen LogP) is 1.82. The monoisotopic (exact) mass is 212 g/mol. The average molecular weight is 212 g/mol. The first-order valence-corrected chi connectivity index (χ1v) is 6.08. The molecule has 0 aromatic heterocycles. The van der Waals surface area contributed by atoms with E-state index in [1.165, 1.54) is 0 Å². The smallest absolute Gasteiger partial charge is 0.164 e. The SMILES string of the molecule is O=C(CCC1CCCO1)C1(O)CCCC1. The van der Waals surface area contributed by atoms with Crippen LogP contribution in [0.5, 0.6) is 0 Å². The van der Waals surface area contributed by atoms with Crippen molar-refractivity contribution in [3.63, 3.8) is 0 Å². The van der Waals surface area contributed by atoms with E-state index in [0.717, 1.165) is 38.7 Å². The van der Waals surface area contributed by atoms with Crippen LogP contribution >= 0.6 is 0 Å². The van der Waals surface area contributed by atoms with Crippen molar-refractivity contribution in [2.24, 2.45) is 0 Å². The number of ether oxygens (including phenoxy) is 1. The third kappa shape index (κ3) is 2.58. The van der Waals surface area contributed by atoms with Crippen molar-refractivity contribution in [2.45, 2.75) is 63.1 Å². The standard InChI is InChI=1S/C12H20O3/c13-11(12(14)7-1-2-8-12)6-5-10-4-3-9-15-10/h10,14H,1-9H2. The first-order valence-electron chi connectivity index (χ1n) is 6.08. The highest BCUT2D eigenvalue weighted by Gasteiger charge is 2.38. The third-order valence-electron chi connectivity index (χ3n) is 3.67. The van der Waals surface area contributed by atoms with Gasteiger partial charge in [-0.25, -0.2) is 0 Å². The molecule has 3 nitrogen and oxygen atoms in total. The molecule has 2 aliphatic rings. The summed E-state index contributed by atoms with van der Waals surface area (Å²) in [5.41, 5.74) is -0.987. The molecule has 1 atom stereocenters. The average Bonchev–Trinajstić information content (AvgIpc) is 2.85. The van der Waals surface area contributed by atoms with Gasteiger partial charge in [0, 0.05) is 13.0 Å². The third-order valence-corrected chi connectivity index (χ3v) is 3.67. The van der Waals surface area contributed by atoms with Gasteiger partial charge in [-0.1, -0.05) is 0 Å². The highest BCUT2D eigenvalue weighted by Crippen LogP contribution is 2.32. The van der Waals surface area contributed by atoms with Crippen molar-refractivity contribution >= 4 is 5.78 Å². The van der Waals surface area contributed by atoms with Crippen LogP contribution < -0.4 is 0 Å². The Hall–Kier alpha value is -0.410. The van der Waals surface area contributed by atoms with Crippen LogP contribution in [0, 0.1) is 0 Å². The first kappa shape index (κ1) is 11.1. The number of rotatable bonds is 4. The lowest BCUT2D eigenvalue weighted by atomic mass is 9.92. The minimum Gasteiger partial charge on any atom is -0.382 e. The lowest BCUT2D eigenvalue weighted by molar-refractivity contribution is -0.137. The zero-order valence-electron chi connectivity index (χ0n) is 9.21. The topological polar surface area (TPSA) is 46.5 Å². The maximum atomic E-state index is 11.8. The van der Waals surface area contributed by atoms with E-state index in [1.54, 1.807) is 0 Å². The molecule has 15 heavy (non-hydrogen) atoms. The van der Waals surface area contributed by atoms with E-state index in [-0.39, 0.29) is 11.9 Å². The molecule has 1 heterocycles. The number of ketones is 1. The molecule has 1 saturated carbocycles. The predicted molar refractivity (Wildman–Crippen MR) is 56.6 cm³/mol. The largest absolute Gasteiger partial charge is 0.382 e. The molecular weight excluding hydrogens is 192 g/mol. The summed E-state index contributed by atoms with van der Waals surface area (Å²) in [5.74, 6) is 0.0375. The molecule has 0 amide bonds. The Kier molecular flexibility index (Phi) is 3.42. The van der Waals surface area contributed by atoms with Crippen LogP contribution in [-0.2, 0) is 9.53 Å². The van der Waals surface area contributed by atoms with Gasteiger partial charge in [-0.05, 0) is 44.9 Å². The van der Waals surface area contributed by atoms with Crippen LogP contribution in [0.4, 0.5) is 0 Å². The molecule has 0 radical (unpaired) electrons. The van der Waals surface area contributed by atoms with Gasteiger partial charge in [-0.15, -0.1) is 0 Å². The molecule has 2 fully saturated rings. The Morgan fingerprint density at radius 2 is 2.07 bits per heavy atom. The summed E-state index contributed by atoms with van der Waals surface area (Å²) in [4.78, 5) is 11.8. The van der Waals surface area contributed by atoms with E-state index < -0.39 is 5.60 Å². The van der Waals surface area contributed by atoms with E-state index in [4.69, 9.17) is 4.74 Å². The summed E-state index contributed by atoms with van der Waals surface area (Å²) >= 11 is 0. The van der Waals surface area contributed by atoms with Crippen LogP contribution in [0.1, 0.15) is 51.4 Å². The summed E-state index contributed by atoms with van der Waals surface area (Å²) in [5, 5.41) is 10.0. The lowest BCUT2D eigenvalue weighted by Crippen LogP contribution is -2.35. The van der Waals surface area contributed by atoms with Gasteiger partial charge in [0.1, 0.15) is 5.60 Å².